The number of rotatable bonds is 9. The lowest BCUT2D eigenvalue weighted by molar-refractivity contribution is -0.00882. The predicted octanol–water partition coefficient (Wildman–Crippen LogP) is 1.80. The van der Waals surface area contributed by atoms with E-state index in [1.807, 2.05) is 40.4 Å². The van der Waals surface area contributed by atoms with E-state index in [-0.39, 0.29) is 23.6 Å². The maximum Gasteiger partial charge on any atom is 0.335 e. The topological polar surface area (TPSA) is 163 Å². The molecular weight excluding hydrogens is 566 g/mol. The van der Waals surface area contributed by atoms with Gasteiger partial charge < -0.3 is 20.8 Å². The van der Waals surface area contributed by atoms with Crippen molar-refractivity contribution in [3.63, 3.8) is 0 Å². The number of halogens is 1. The monoisotopic (exact) mass is 593 g/mol. The van der Waals surface area contributed by atoms with Gasteiger partial charge in [0.15, 0.2) is 0 Å². The lowest BCUT2D eigenvalue weighted by Gasteiger charge is -2.30. The van der Waals surface area contributed by atoms with E-state index in [0.29, 0.717) is 9.90 Å². The van der Waals surface area contributed by atoms with Crippen molar-refractivity contribution in [2.45, 2.75) is 49.2 Å². The molecule has 1 saturated heterocycles. The smallest absolute Gasteiger partial charge is 0.335 e. The quantitative estimate of drug-likeness (QED) is 0.231. The van der Waals surface area contributed by atoms with Gasteiger partial charge in [-0.05, 0) is 54.1 Å². The van der Waals surface area contributed by atoms with Crippen molar-refractivity contribution < 1.29 is 27.6 Å². The minimum Gasteiger partial charge on any atom is -0.388 e. The van der Waals surface area contributed by atoms with Crippen molar-refractivity contribution in [3.05, 3.63) is 74.8 Å². The first kappa shape index (κ1) is 28.1. The molecule has 2 aromatic heterocycles. The number of aliphatic hydroxyl groups excluding tert-OH is 2. The number of aliphatic hydroxyl groups is 2. The van der Waals surface area contributed by atoms with Crippen molar-refractivity contribution >= 4 is 44.8 Å². The zero-order chi connectivity index (χ0) is 27.8. The highest BCUT2D eigenvalue weighted by Crippen LogP contribution is 2.41. The molecule has 5 rings (SSSR count). The molecule has 11 nitrogen and oxygen atoms in total. The zero-order valence-corrected chi connectivity index (χ0v) is 23.3. The highest BCUT2D eigenvalue weighted by atomic mass is 35.5. The Hall–Kier alpha value is -2.49. The van der Waals surface area contributed by atoms with E-state index >= 15 is 0 Å². The van der Waals surface area contributed by atoms with E-state index in [1.165, 1.54) is 30.9 Å². The first-order valence-electron chi connectivity index (χ1n) is 12.3. The maximum atomic E-state index is 13.6. The van der Waals surface area contributed by atoms with Gasteiger partial charge in [-0.2, -0.15) is 13.1 Å². The second-order valence-electron chi connectivity index (χ2n) is 9.52. The molecule has 2 aliphatic rings. The van der Waals surface area contributed by atoms with Crippen LogP contribution in [0.3, 0.4) is 0 Å². The average molecular weight is 594 g/mol. The van der Waals surface area contributed by atoms with Crippen molar-refractivity contribution in [3.8, 4) is 0 Å². The van der Waals surface area contributed by atoms with Gasteiger partial charge in [-0.25, -0.2) is 9.97 Å². The van der Waals surface area contributed by atoms with Gasteiger partial charge >= 0.3 is 10.3 Å². The molecule has 0 unspecified atom stereocenters. The number of ketones is 1. The second kappa shape index (κ2) is 11.2. The average Bonchev–Trinajstić information content (AvgIpc) is 3.67. The van der Waals surface area contributed by atoms with Crippen LogP contribution in [0.1, 0.15) is 45.6 Å². The molecule has 1 aliphatic carbocycles. The molecule has 39 heavy (non-hydrogen) atoms. The molecule has 1 aliphatic heterocycles. The van der Waals surface area contributed by atoms with E-state index in [9.17, 15) is 23.4 Å². The summed E-state index contributed by atoms with van der Waals surface area (Å²) < 4.78 is 30.5. The number of aromatic nitrogens is 2. The minimum absolute atomic E-state index is 0.0438. The summed E-state index contributed by atoms with van der Waals surface area (Å²) in [5, 5.41) is 30.1. The Labute approximate surface area is 234 Å². The predicted molar refractivity (Wildman–Crippen MR) is 146 cm³/mol. The normalized spacial score (nSPS) is 27.1. The highest BCUT2D eigenvalue weighted by molar-refractivity contribution is 7.84. The number of nitrogens with one attached hydrogen (secondary N) is 3. The van der Waals surface area contributed by atoms with Crippen LogP contribution in [0.4, 0.5) is 5.82 Å². The number of carbonyl (C=O) groups is 1. The molecule has 1 aromatic carbocycles. The Kier molecular flexibility index (Phi) is 8.04. The summed E-state index contributed by atoms with van der Waals surface area (Å²) in [4.78, 5) is 22.3. The summed E-state index contributed by atoms with van der Waals surface area (Å²) in [6.45, 7) is 0.835. The third-order valence-corrected chi connectivity index (χ3v) is 9.36. The van der Waals surface area contributed by atoms with Gasteiger partial charge in [-0.15, -0.1) is 11.3 Å². The second-order valence-corrected chi connectivity index (χ2v) is 12.4. The molecule has 0 spiro atoms. The van der Waals surface area contributed by atoms with Crippen LogP contribution < -0.4 is 15.4 Å². The number of carbonyl (C=O) groups excluding carboxylic acids is 1. The standard InChI is InChI=1S/C25H28ClN5O6S2/c1-27-39(35,36)37-19-10-18(22(33)23(19)34)31-24-17(11-28-13-29-24)21(32)20-9-15(12-38-20)25(6-3-7-30-25)14-4-2-5-16(26)8-14/h2,4-5,8-9,11-13,18-19,22-23,27,30,33-34H,3,6-7,10H2,1H3,(H,28,29,31)/t18-,19-,22+,23+,25+/m1/s1. The van der Waals surface area contributed by atoms with Crippen LogP contribution in [0.2, 0.25) is 5.02 Å². The van der Waals surface area contributed by atoms with Gasteiger partial charge in [0, 0.05) is 24.7 Å². The van der Waals surface area contributed by atoms with Crippen molar-refractivity contribution in [2.75, 3.05) is 18.9 Å². The van der Waals surface area contributed by atoms with Gasteiger partial charge in [0.25, 0.3) is 0 Å². The number of anilines is 1. The Morgan fingerprint density at radius 3 is 2.79 bits per heavy atom. The number of nitrogens with zero attached hydrogens (tertiary/aromatic N) is 2. The van der Waals surface area contributed by atoms with Crippen LogP contribution in [0, 0.1) is 0 Å². The van der Waals surface area contributed by atoms with Crippen LogP contribution in [-0.4, -0.2) is 72.3 Å². The largest absolute Gasteiger partial charge is 0.388 e. The fourth-order valence-electron chi connectivity index (χ4n) is 5.19. The molecular formula is C25H28ClN5O6S2. The van der Waals surface area contributed by atoms with Crippen LogP contribution in [0.5, 0.6) is 0 Å². The fraction of sp³-hybridized carbons (Fsp3) is 0.400. The SMILES string of the molecule is CNS(=O)(=O)O[C@@H]1C[C@@H](Nc2ncncc2C(=O)c2cc([C@@]3(c4cccc(Cl)c4)CCCN3)cs2)[C@H](O)[C@H]1O. The third-order valence-electron chi connectivity index (χ3n) is 7.20. The maximum absolute atomic E-state index is 13.6. The summed E-state index contributed by atoms with van der Waals surface area (Å²) in [6, 6.07) is 8.74. The lowest BCUT2D eigenvalue weighted by Crippen LogP contribution is -2.38. The van der Waals surface area contributed by atoms with Gasteiger partial charge in [0.2, 0.25) is 5.78 Å². The Morgan fingerprint density at radius 2 is 2.08 bits per heavy atom. The van der Waals surface area contributed by atoms with Gasteiger partial charge in [0.1, 0.15) is 30.5 Å². The van der Waals surface area contributed by atoms with Gasteiger partial charge in [-0.1, -0.05) is 23.7 Å². The van der Waals surface area contributed by atoms with E-state index in [2.05, 4.69) is 20.6 Å². The minimum atomic E-state index is -4.09. The van der Waals surface area contributed by atoms with Crippen molar-refractivity contribution in [2.24, 2.45) is 0 Å². The van der Waals surface area contributed by atoms with Crippen molar-refractivity contribution in [1.29, 1.82) is 0 Å². The molecule has 3 aromatic rings. The molecule has 14 heteroatoms. The van der Waals surface area contributed by atoms with Crippen LogP contribution >= 0.6 is 22.9 Å². The number of hydrogen-bond donors (Lipinski definition) is 5. The molecule has 208 valence electrons. The lowest BCUT2D eigenvalue weighted by atomic mass is 9.83. The molecule has 2 fully saturated rings. The summed E-state index contributed by atoms with van der Waals surface area (Å²) in [6.07, 6.45) is 0.416. The van der Waals surface area contributed by atoms with Crippen LogP contribution in [0.15, 0.2) is 48.2 Å². The van der Waals surface area contributed by atoms with Gasteiger partial charge in [0.05, 0.1) is 22.0 Å². The number of thiophene rings is 1. The summed E-state index contributed by atoms with van der Waals surface area (Å²) in [5.41, 5.74) is 1.71. The fourth-order valence-corrected chi connectivity index (χ4v) is 6.93. The van der Waals surface area contributed by atoms with Crippen LogP contribution in [-0.2, 0) is 20.0 Å². The third kappa shape index (κ3) is 5.58. The summed E-state index contributed by atoms with van der Waals surface area (Å²) in [5.74, 6) is -0.158. The Morgan fingerprint density at radius 1 is 1.26 bits per heavy atom. The first-order valence-corrected chi connectivity index (χ1v) is 15.0. The molecule has 5 atom stereocenters. The Bertz CT molecular complexity index is 1460. The first-order chi connectivity index (χ1) is 18.6. The number of benzene rings is 1. The van der Waals surface area contributed by atoms with Gasteiger partial charge in [-0.3, -0.25) is 8.98 Å². The molecule has 3 heterocycles. The highest BCUT2D eigenvalue weighted by Gasteiger charge is 2.45. The van der Waals surface area contributed by atoms with Crippen LogP contribution in [0.25, 0.3) is 0 Å². The van der Waals surface area contributed by atoms with E-state index < -0.39 is 40.2 Å². The molecule has 0 bridgehead atoms. The molecule has 5 N–H and O–H groups in total. The number of hydrogen-bond acceptors (Lipinski definition) is 11. The molecule has 0 radical (unpaired) electrons. The Balaban J connectivity index is 1.39. The van der Waals surface area contributed by atoms with E-state index in [4.69, 9.17) is 15.8 Å². The molecule has 0 amide bonds. The van der Waals surface area contributed by atoms with Crippen molar-refractivity contribution in [1.82, 2.24) is 20.0 Å². The van der Waals surface area contributed by atoms with E-state index in [1.54, 1.807) is 0 Å². The summed E-state index contributed by atoms with van der Waals surface area (Å²) in [7, 11) is -2.91. The summed E-state index contributed by atoms with van der Waals surface area (Å²) >= 11 is 7.60. The van der Waals surface area contributed by atoms with E-state index in [0.717, 1.165) is 30.5 Å². The molecule has 1 saturated carbocycles. The zero-order valence-electron chi connectivity index (χ0n) is 20.9.